The molecule has 11 rings (SSSR count). The van der Waals surface area contributed by atoms with Gasteiger partial charge in [-0.1, -0.05) is 29.5 Å². The molecule has 16 N–H and O–H groups in total. The number of phenols is 1. The molecule has 4 aromatic carbocycles. The number of halogens is 2. The molecule has 0 spiro atoms. The first-order chi connectivity index (χ1) is 48.7. The van der Waals surface area contributed by atoms with Gasteiger partial charge in [-0.15, -0.1) is 5.10 Å². The third kappa shape index (κ3) is 17.9. The minimum atomic E-state index is -2.07. The summed E-state index contributed by atoms with van der Waals surface area (Å²) in [5.74, 6) is -13.6. The number of carboxylic acid groups (broad SMARTS) is 1. The van der Waals surface area contributed by atoms with Crippen LogP contribution >= 0.6 is 0 Å². The van der Waals surface area contributed by atoms with Gasteiger partial charge in [-0.3, -0.25) is 57.5 Å². The number of hydrogen-bond acceptors (Lipinski definition) is 16. The monoisotopic (exact) mass is 1400 g/mol. The van der Waals surface area contributed by atoms with Crippen molar-refractivity contribution < 1.29 is 76.5 Å². The Bertz CT molecular complexity index is 4500. The number of nitrogens with zero attached hydrogens (tertiary/aromatic N) is 5. The number of aromatic nitrogens is 7. The molecule has 1 saturated heterocycles. The van der Waals surface area contributed by atoms with E-state index in [-0.39, 0.29) is 77.7 Å². The topological polar surface area (TPSA) is 474 Å². The summed E-state index contributed by atoms with van der Waals surface area (Å²) in [4.78, 5) is 184. The highest BCUT2D eigenvalue weighted by atomic mass is 19.1. The number of benzene rings is 4. The molecule has 4 aromatic heterocycles. The maximum absolute atomic E-state index is 15.2. The van der Waals surface area contributed by atoms with Crippen molar-refractivity contribution in [2.45, 2.75) is 132 Å². The van der Waals surface area contributed by atoms with E-state index in [0.29, 0.717) is 27.8 Å². The van der Waals surface area contributed by atoms with E-state index >= 15 is 19.2 Å². The van der Waals surface area contributed by atoms with Gasteiger partial charge in [0.15, 0.2) is 0 Å². The van der Waals surface area contributed by atoms with Gasteiger partial charge in [-0.2, -0.15) is 0 Å². The van der Waals surface area contributed by atoms with Gasteiger partial charge in [0.2, 0.25) is 65.0 Å². The van der Waals surface area contributed by atoms with Crippen LogP contribution in [-0.4, -0.2) is 188 Å². The van der Waals surface area contributed by atoms with E-state index < -0.39 is 169 Å². The number of carbonyl (C=O) groups is 12. The van der Waals surface area contributed by atoms with Gasteiger partial charge in [0, 0.05) is 98.1 Å². The number of aromatic amines is 3. The minimum Gasteiger partial charge on any atom is -0.508 e. The van der Waals surface area contributed by atoms with Crippen molar-refractivity contribution in [3.63, 3.8) is 0 Å². The number of nitrogens with one attached hydrogen (secondary N) is 12. The number of imidazole rings is 1. The first-order valence-electron chi connectivity index (χ1n) is 32.4. The third-order valence-electron chi connectivity index (χ3n) is 17.7. The number of carboxylic acids is 1. The molecule has 0 saturated carbocycles. The summed E-state index contributed by atoms with van der Waals surface area (Å²) in [5.41, 5.74) is 7.33. The van der Waals surface area contributed by atoms with Crippen LogP contribution in [0, 0.1) is 11.6 Å². The largest absolute Gasteiger partial charge is 0.508 e. The van der Waals surface area contributed by atoms with Crippen molar-refractivity contribution in [2.24, 2.45) is 5.73 Å². The zero-order valence-corrected chi connectivity index (χ0v) is 55.2. The van der Waals surface area contributed by atoms with E-state index in [1.165, 1.54) is 103 Å². The Morgan fingerprint density at radius 3 is 1.85 bits per heavy atom. The van der Waals surface area contributed by atoms with Crippen molar-refractivity contribution in [2.75, 3.05) is 13.1 Å². The number of fused-ring (bicyclic) bond motifs is 30. The second-order valence-corrected chi connectivity index (χ2v) is 25.3. The summed E-state index contributed by atoms with van der Waals surface area (Å²) in [6.07, 6.45) is 4.12. The zero-order chi connectivity index (χ0) is 73.1. The molecular weight excluding hydrogens is 1330 g/mol. The first-order valence-corrected chi connectivity index (χ1v) is 32.4. The van der Waals surface area contributed by atoms with E-state index in [4.69, 9.17) is 5.73 Å². The van der Waals surface area contributed by atoms with Gasteiger partial charge >= 0.3 is 5.97 Å². The van der Waals surface area contributed by atoms with Crippen molar-refractivity contribution in [3.05, 3.63) is 161 Å². The molecule has 534 valence electrons. The predicted octanol–water partition coefficient (Wildman–Crippen LogP) is -0.618. The van der Waals surface area contributed by atoms with Crippen molar-refractivity contribution in [1.29, 1.82) is 0 Å². The van der Waals surface area contributed by atoms with Crippen LogP contribution in [0.4, 0.5) is 8.78 Å². The number of aliphatic carboxylic acids is 1. The molecule has 3 aliphatic rings. The highest BCUT2D eigenvalue weighted by molar-refractivity contribution is 6.01. The van der Waals surface area contributed by atoms with E-state index in [1.807, 2.05) is 0 Å². The molecule has 0 radical (unpaired) electrons. The van der Waals surface area contributed by atoms with E-state index in [0.717, 1.165) is 19.1 Å². The molecule has 3 aliphatic heterocycles. The number of amides is 11. The lowest BCUT2D eigenvalue weighted by Gasteiger charge is -2.37. The molecular formula is C68H74F2N18O14. The van der Waals surface area contributed by atoms with Crippen LogP contribution in [-0.2, 0) is 96.1 Å². The minimum absolute atomic E-state index is 0.0275. The fourth-order valence-electron chi connectivity index (χ4n) is 12.3. The normalized spacial score (nSPS) is 22.8. The quantitative estimate of drug-likeness (QED) is 0.0678. The Balaban J connectivity index is 1.01. The van der Waals surface area contributed by atoms with Gasteiger partial charge < -0.3 is 83.6 Å². The average molecular weight is 1410 g/mol. The van der Waals surface area contributed by atoms with Crippen molar-refractivity contribution in [1.82, 2.24) is 87.7 Å². The number of nitrogens with two attached hydrogens (primary N) is 1. The summed E-state index contributed by atoms with van der Waals surface area (Å²) in [6.45, 7) is 3.07. The lowest BCUT2D eigenvalue weighted by Crippen LogP contribution is -2.63. The number of carbonyl (C=O) groups excluding carboxylic acids is 11. The smallest absolute Gasteiger partial charge is 0.305 e. The Hall–Kier alpha value is -12.4. The zero-order valence-electron chi connectivity index (χ0n) is 55.2. The molecule has 9 atom stereocenters. The molecule has 0 unspecified atom stereocenters. The van der Waals surface area contributed by atoms with Crippen LogP contribution < -0.4 is 53.6 Å². The summed E-state index contributed by atoms with van der Waals surface area (Å²) >= 11 is 0. The summed E-state index contributed by atoms with van der Waals surface area (Å²) in [6, 6.07) is 6.72. The van der Waals surface area contributed by atoms with Crippen molar-refractivity contribution >= 4 is 92.8 Å². The maximum atomic E-state index is 15.2. The van der Waals surface area contributed by atoms with Crippen LogP contribution in [0.15, 0.2) is 116 Å². The molecule has 11 amide bonds. The molecule has 7 heterocycles. The van der Waals surface area contributed by atoms with Gasteiger partial charge in [0.1, 0.15) is 71.3 Å². The van der Waals surface area contributed by atoms with Crippen LogP contribution in [0.5, 0.6) is 5.75 Å². The third-order valence-corrected chi connectivity index (χ3v) is 17.7. The van der Waals surface area contributed by atoms with Crippen LogP contribution in [0.2, 0.25) is 0 Å². The Kier molecular flexibility index (Phi) is 22.4. The predicted molar refractivity (Wildman–Crippen MR) is 357 cm³/mol. The molecule has 34 heteroatoms. The summed E-state index contributed by atoms with van der Waals surface area (Å²) in [7, 11) is 0. The van der Waals surface area contributed by atoms with Crippen LogP contribution in [0.3, 0.4) is 0 Å². The standard InChI is InChI=1S/C68H74F2N18O14/c1-34-60(95)75-31-57(91)79-51(21-38-28-73-48-15-9-40(69)23-46(38)48)62(97)80-52(22-39-29-74-49-16-10-41(70)24-47(39)49)63(98)82-55(27-58(92)93)65(100)81-54(25-42-30-72-33-76-42)64(99)83-56(20-37-7-13-45(90)14-8-37)66(101)87-18-4-17-68(87,3)67(102)84-50(59(71)94)19-36-5-11-44(12-6-36)88-32-43(85-86-88)26-53(61(96)77-34)78-35(2)89/h5-16,23-24,28-30,32-34,50-56,73-74,90H,4,17-22,25-27,31H2,1-3H3,(H2,71,94)(H,72,76)(H,75,95)(H,77,96)(H,78,89)(H,79,91)(H,80,97)(H,81,100)(H,82,98)(H,83,99)(H,84,102)(H,92,93)/t34-,50-,51-,52-,53-,54-,55-,56-,68-/m0/s1. The SMILES string of the molecule is CC(=O)N[C@H]1Cc2cn(nn2)-c2ccc(cc2)C[C@@H](C(N)=O)NC(=O)[C@]2(C)CCCN2C(=O)[C@H](Cc2ccc(O)cc2)NC(=O)[C@H](Cc2cnc[nH]2)NC(=O)[C@H](CC(=O)O)NC(=O)[C@H](Cc2c[nH]c3ccc(F)cc23)NC(=O)[C@H](Cc2c[nH]c3ccc(F)cc23)NC(=O)CNC(=O)[C@H](C)NC1=O. The lowest BCUT2D eigenvalue weighted by molar-refractivity contribution is -0.147. The van der Waals surface area contributed by atoms with E-state index in [1.54, 1.807) is 24.3 Å². The Morgan fingerprint density at radius 2 is 1.26 bits per heavy atom. The fraction of sp³-hybridized carbons (Fsp3) is 0.338. The summed E-state index contributed by atoms with van der Waals surface area (Å²) in [5, 5.41) is 52.3. The second-order valence-electron chi connectivity index (χ2n) is 25.3. The molecule has 1 fully saturated rings. The fourth-order valence-corrected chi connectivity index (χ4v) is 12.3. The van der Waals surface area contributed by atoms with Crippen LogP contribution in [0.25, 0.3) is 27.5 Å². The van der Waals surface area contributed by atoms with Gasteiger partial charge in [-0.25, -0.2) is 18.4 Å². The number of H-pyrrole nitrogens is 3. The highest BCUT2D eigenvalue weighted by Crippen LogP contribution is 2.32. The number of primary amides is 1. The molecule has 32 nitrogen and oxygen atoms in total. The van der Waals surface area contributed by atoms with Crippen molar-refractivity contribution in [3.8, 4) is 11.4 Å². The van der Waals surface area contributed by atoms with Gasteiger partial charge in [0.25, 0.3) is 0 Å². The number of hydrogen-bond donors (Lipinski definition) is 15. The molecule has 8 aromatic rings. The number of rotatable bonds is 12. The molecule has 102 heavy (non-hydrogen) atoms. The van der Waals surface area contributed by atoms with Crippen LogP contribution in [0.1, 0.15) is 73.7 Å². The Labute approximate surface area is 578 Å². The van der Waals surface area contributed by atoms with Gasteiger partial charge in [-0.05, 0) is 110 Å². The second kappa shape index (κ2) is 31.6. The highest BCUT2D eigenvalue weighted by Gasteiger charge is 2.49. The first kappa shape index (κ1) is 72.4. The Morgan fingerprint density at radius 1 is 0.676 bits per heavy atom. The number of phenolic OH excluding ortho intramolecular Hbond substituents is 1. The lowest BCUT2D eigenvalue weighted by atomic mass is 9.94. The van der Waals surface area contributed by atoms with Gasteiger partial charge in [0.05, 0.1) is 36.9 Å². The molecule has 4 bridgehead atoms. The van der Waals surface area contributed by atoms with E-state index in [2.05, 4.69) is 78.1 Å². The summed E-state index contributed by atoms with van der Waals surface area (Å²) < 4.78 is 31.2. The van der Waals surface area contributed by atoms with E-state index in [9.17, 15) is 57.4 Å². The maximum Gasteiger partial charge on any atom is 0.305 e. The average Bonchev–Trinajstić information content (AvgIpc) is 1.58. The number of aromatic hydroxyl groups is 1. The molecule has 0 aliphatic carbocycles.